The maximum absolute atomic E-state index is 9.99. The van der Waals surface area contributed by atoms with E-state index in [-0.39, 0.29) is 0 Å². The highest BCUT2D eigenvalue weighted by molar-refractivity contribution is 5.49. The Morgan fingerprint density at radius 1 is 1.57 bits per heavy atom. The minimum atomic E-state index is 0.299. The van der Waals surface area contributed by atoms with Crippen LogP contribution in [0.15, 0.2) is 4.52 Å². The van der Waals surface area contributed by atoms with Gasteiger partial charge in [0, 0.05) is 12.3 Å². The van der Waals surface area contributed by atoms with Gasteiger partial charge in [-0.05, 0) is 12.8 Å². The highest BCUT2D eigenvalue weighted by Gasteiger charge is 2.28. The standard InChI is InChI=1S/C9H12N2O3/c12-4-1-5-13-6-8-10-9(11-14-8)7-2-3-7/h4,7H,1-3,5-6H2. The van der Waals surface area contributed by atoms with Crippen molar-refractivity contribution in [3.8, 4) is 0 Å². The first-order chi connectivity index (χ1) is 6.90. The molecule has 0 atom stereocenters. The molecule has 1 aliphatic rings. The largest absolute Gasteiger partial charge is 0.371 e. The van der Waals surface area contributed by atoms with E-state index in [1.54, 1.807) is 0 Å². The zero-order valence-corrected chi connectivity index (χ0v) is 7.81. The van der Waals surface area contributed by atoms with Gasteiger partial charge in [-0.1, -0.05) is 5.16 Å². The van der Waals surface area contributed by atoms with E-state index in [4.69, 9.17) is 9.26 Å². The molecule has 0 unspecified atom stereocenters. The second-order valence-electron chi connectivity index (χ2n) is 3.33. The van der Waals surface area contributed by atoms with Crippen LogP contribution in [-0.4, -0.2) is 23.0 Å². The Hall–Kier alpha value is -1.23. The lowest BCUT2D eigenvalue weighted by Gasteiger charge is -1.94. The van der Waals surface area contributed by atoms with Crippen LogP contribution in [0.3, 0.4) is 0 Å². The summed E-state index contributed by atoms with van der Waals surface area (Å²) < 4.78 is 10.1. The summed E-state index contributed by atoms with van der Waals surface area (Å²) in [5.74, 6) is 1.79. The molecular weight excluding hydrogens is 184 g/mol. The molecule has 76 valence electrons. The van der Waals surface area contributed by atoms with Crippen molar-refractivity contribution < 1.29 is 14.1 Å². The summed E-state index contributed by atoms with van der Waals surface area (Å²) in [5, 5.41) is 3.84. The minimum absolute atomic E-state index is 0.299. The molecule has 2 rings (SSSR count). The third kappa shape index (κ3) is 2.38. The van der Waals surface area contributed by atoms with Gasteiger partial charge in [-0.3, -0.25) is 0 Å². The summed E-state index contributed by atoms with van der Waals surface area (Å²) in [6.07, 6.45) is 3.54. The average molecular weight is 196 g/mol. The Morgan fingerprint density at radius 2 is 2.43 bits per heavy atom. The van der Waals surface area contributed by atoms with Crippen LogP contribution in [0.2, 0.25) is 0 Å². The number of aldehydes is 1. The van der Waals surface area contributed by atoms with E-state index >= 15 is 0 Å². The second kappa shape index (κ2) is 4.32. The summed E-state index contributed by atoms with van der Waals surface area (Å²) in [7, 11) is 0. The molecule has 1 aromatic rings. The summed E-state index contributed by atoms with van der Waals surface area (Å²) in [5.41, 5.74) is 0. The molecule has 0 bridgehead atoms. The number of carbonyl (C=O) groups excluding carboxylic acids is 1. The number of nitrogens with zero attached hydrogens (tertiary/aromatic N) is 2. The van der Waals surface area contributed by atoms with Crippen LogP contribution in [0.4, 0.5) is 0 Å². The first kappa shape index (κ1) is 9.33. The fourth-order valence-corrected chi connectivity index (χ4v) is 1.12. The lowest BCUT2D eigenvalue weighted by atomic mass is 10.4. The van der Waals surface area contributed by atoms with Crippen LogP contribution in [0, 0.1) is 0 Å². The van der Waals surface area contributed by atoms with E-state index < -0.39 is 0 Å². The molecule has 0 aromatic carbocycles. The molecule has 5 heteroatoms. The monoisotopic (exact) mass is 196 g/mol. The maximum Gasteiger partial charge on any atom is 0.252 e. The Labute approximate surface area is 81.4 Å². The minimum Gasteiger partial charge on any atom is -0.371 e. The fourth-order valence-electron chi connectivity index (χ4n) is 1.12. The normalized spacial score (nSPS) is 15.7. The molecule has 0 radical (unpaired) electrons. The predicted molar refractivity (Wildman–Crippen MR) is 46.6 cm³/mol. The Bertz CT molecular complexity index is 307. The van der Waals surface area contributed by atoms with Crippen LogP contribution < -0.4 is 0 Å². The van der Waals surface area contributed by atoms with Crippen LogP contribution in [0.25, 0.3) is 0 Å². The van der Waals surface area contributed by atoms with Crippen molar-refractivity contribution in [3.05, 3.63) is 11.7 Å². The smallest absolute Gasteiger partial charge is 0.252 e. The topological polar surface area (TPSA) is 65.2 Å². The molecule has 0 saturated heterocycles. The number of rotatable bonds is 6. The number of hydrogen-bond donors (Lipinski definition) is 0. The quantitative estimate of drug-likeness (QED) is 0.502. The van der Waals surface area contributed by atoms with Gasteiger partial charge in [-0.25, -0.2) is 0 Å². The van der Waals surface area contributed by atoms with E-state index in [1.807, 2.05) is 0 Å². The number of carbonyl (C=O) groups is 1. The van der Waals surface area contributed by atoms with Gasteiger partial charge in [0.05, 0.1) is 6.61 Å². The first-order valence-corrected chi connectivity index (χ1v) is 4.74. The molecule has 0 amide bonds. The van der Waals surface area contributed by atoms with Gasteiger partial charge in [-0.15, -0.1) is 0 Å². The molecule has 5 nitrogen and oxygen atoms in total. The van der Waals surface area contributed by atoms with Crippen LogP contribution in [0.5, 0.6) is 0 Å². The third-order valence-corrected chi connectivity index (χ3v) is 2.03. The molecule has 1 heterocycles. The maximum atomic E-state index is 9.99. The van der Waals surface area contributed by atoms with Crippen molar-refractivity contribution in [2.75, 3.05) is 6.61 Å². The molecule has 0 aliphatic heterocycles. The Morgan fingerprint density at radius 3 is 3.14 bits per heavy atom. The summed E-state index contributed by atoms with van der Waals surface area (Å²) in [6.45, 7) is 0.707. The van der Waals surface area contributed by atoms with Gasteiger partial charge in [0.15, 0.2) is 5.82 Å². The molecule has 14 heavy (non-hydrogen) atoms. The van der Waals surface area contributed by atoms with Gasteiger partial charge in [0.1, 0.15) is 12.9 Å². The van der Waals surface area contributed by atoms with E-state index in [1.165, 1.54) is 0 Å². The lowest BCUT2D eigenvalue weighted by molar-refractivity contribution is -0.108. The molecule has 1 aromatic heterocycles. The highest BCUT2D eigenvalue weighted by Crippen LogP contribution is 2.38. The molecular formula is C9H12N2O3. The van der Waals surface area contributed by atoms with Crippen molar-refractivity contribution in [1.29, 1.82) is 0 Å². The second-order valence-corrected chi connectivity index (χ2v) is 3.33. The van der Waals surface area contributed by atoms with Crippen molar-refractivity contribution in [2.24, 2.45) is 0 Å². The van der Waals surface area contributed by atoms with Gasteiger partial charge in [0.25, 0.3) is 5.89 Å². The van der Waals surface area contributed by atoms with Crippen molar-refractivity contribution in [1.82, 2.24) is 10.1 Å². The fraction of sp³-hybridized carbons (Fsp3) is 0.667. The predicted octanol–water partition coefficient (Wildman–Crippen LogP) is 1.05. The van der Waals surface area contributed by atoms with Crippen molar-refractivity contribution >= 4 is 6.29 Å². The molecule has 0 spiro atoms. The Balaban J connectivity index is 1.75. The van der Waals surface area contributed by atoms with Crippen LogP contribution in [-0.2, 0) is 16.1 Å². The zero-order valence-electron chi connectivity index (χ0n) is 7.81. The SMILES string of the molecule is O=CCCOCc1nc(C2CC2)no1. The Kier molecular flexibility index (Phi) is 2.88. The summed E-state index contributed by atoms with van der Waals surface area (Å²) in [6, 6.07) is 0. The first-order valence-electron chi connectivity index (χ1n) is 4.74. The molecule has 0 N–H and O–H groups in total. The van der Waals surface area contributed by atoms with Crippen molar-refractivity contribution in [2.45, 2.75) is 31.8 Å². The van der Waals surface area contributed by atoms with Gasteiger partial charge >= 0.3 is 0 Å². The van der Waals surface area contributed by atoms with Crippen LogP contribution in [0.1, 0.15) is 36.9 Å². The van der Waals surface area contributed by atoms with E-state index in [9.17, 15) is 4.79 Å². The van der Waals surface area contributed by atoms with Crippen molar-refractivity contribution in [3.63, 3.8) is 0 Å². The molecule has 1 fully saturated rings. The lowest BCUT2D eigenvalue weighted by Crippen LogP contribution is -1.96. The zero-order chi connectivity index (χ0) is 9.80. The number of ether oxygens (including phenoxy) is 1. The van der Waals surface area contributed by atoms with Gasteiger partial charge in [0.2, 0.25) is 0 Å². The average Bonchev–Trinajstić information content (AvgIpc) is 2.94. The summed E-state index contributed by atoms with van der Waals surface area (Å²) in [4.78, 5) is 14.2. The number of hydrogen-bond acceptors (Lipinski definition) is 5. The van der Waals surface area contributed by atoms with E-state index in [2.05, 4.69) is 10.1 Å². The van der Waals surface area contributed by atoms with Crippen LogP contribution >= 0.6 is 0 Å². The van der Waals surface area contributed by atoms with Gasteiger partial charge in [-0.2, -0.15) is 4.98 Å². The summed E-state index contributed by atoms with van der Waals surface area (Å²) >= 11 is 0. The number of aromatic nitrogens is 2. The third-order valence-electron chi connectivity index (χ3n) is 2.03. The molecule has 1 saturated carbocycles. The van der Waals surface area contributed by atoms with E-state index in [0.717, 1.165) is 25.0 Å². The highest BCUT2D eigenvalue weighted by atomic mass is 16.5. The molecule has 1 aliphatic carbocycles. The van der Waals surface area contributed by atoms with Gasteiger partial charge < -0.3 is 14.1 Å². The van der Waals surface area contributed by atoms with E-state index in [0.29, 0.717) is 31.4 Å².